The first-order chi connectivity index (χ1) is 14.5. The Kier molecular flexibility index (Phi) is 5.37. The largest absolute Gasteiger partial charge is 0.440 e. The zero-order valence-corrected chi connectivity index (χ0v) is 16.9. The van der Waals surface area contributed by atoms with Gasteiger partial charge >= 0.3 is 5.97 Å². The topological polar surface area (TPSA) is 85.3 Å². The van der Waals surface area contributed by atoms with Gasteiger partial charge in [0.15, 0.2) is 0 Å². The molecule has 4 rings (SSSR count). The van der Waals surface area contributed by atoms with Crippen LogP contribution in [0.5, 0.6) is 11.5 Å². The second-order valence-corrected chi connectivity index (χ2v) is 7.45. The molecule has 0 bridgehead atoms. The van der Waals surface area contributed by atoms with E-state index >= 15 is 0 Å². The number of nitriles is 1. The molecule has 7 heteroatoms. The van der Waals surface area contributed by atoms with Gasteiger partial charge in [-0.1, -0.05) is 47.5 Å². The van der Waals surface area contributed by atoms with Crippen LogP contribution in [0.4, 0.5) is 0 Å². The average Bonchev–Trinajstić information content (AvgIpc) is 2.72. The van der Waals surface area contributed by atoms with Gasteiger partial charge in [-0.15, -0.1) is 0 Å². The number of benzene rings is 3. The van der Waals surface area contributed by atoms with Crippen molar-refractivity contribution in [1.29, 1.82) is 5.26 Å². The fourth-order valence-electron chi connectivity index (χ4n) is 3.31. The van der Waals surface area contributed by atoms with E-state index in [1.807, 2.05) is 6.07 Å². The molecule has 1 heterocycles. The molecule has 0 unspecified atom stereocenters. The third-order valence-electron chi connectivity index (χ3n) is 4.64. The van der Waals surface area contributed by atoms with Gasteiger partial charge in [0.05, 0.1) is 11.5 Å². The van der Waals surface area contributed by atoms with Crippen molar-refractivity contribution in [1.82, 2.24) is 0 Å². The Labute approximate surface area is 182 Å². The molecule has 0 aromatic heterocycles. The number of nitrogens with zero attached hydrogens (tertiary/aromatic N) is 1. The van der Waals surface area contributed by atoms with Crippen LogP contribution in [-0.4, -0.2) is 5.97 Å². The van der Waals surface area contributed by atoms with Crippen LogP contribution in [0.15, 0.2) is 78.2 Å². The summed E-state index contributed by atoms with van der Waals surface area (Å²) in [6.45, 7) is 0. The van der Waals surface area contributed by atoms with Gasteiger partial charge in [-0.2, -0.15) is 5.26 Å². The molecule has 0 spiro atoms. The molecule has 3 aromatic carbocycles. The normalized spacial score (nSPS) is 15.0. The lowest BCUT2D eigenvalue weighted by Crippen LogP contribution is -2.21. The number of hydrogen-bond donors (Lipinski definition) is 1. The minimum Gasteiger partial charge on any atom is -0.440 e. The van der Waals surface area contributed by atoms with Crippen molar-refractivity contribution < 1.29 is 14.3 Å². The van der Waals surface area contributed by atoms with Crippen LogP contribution in [0.3, 0.4) is 0 Å². The molecule has 0 saturated carbocycles. The molecule has 0 radical (unpaired) electrons. The minimum atomic E-state index is -0.555. The summed E-state index contributed by atoms with van der Waals surface area (Å²) in [7, 11) is 0. The Balaban J connectivity index is 1.70. The lowest BCUT2D eigenvalue weighted by molar-refractivity contribution is 0.0734. The predicted octanol–water partition coefficient (Wildman–Crippen LogP) is 5.43. The Morgan fingerprint density at radius 3 is 2.47 bits per heavy atom. The number of allylic oxidation sites excluding steroid dienone is 1. The molecule has 0 saturated heterocycles. The van der Waals surface area contributed by atoms with Crippen LogP contribution in [-0.2, 0) is 0 Å². The SMILES string of the molecule is N#CC1=C(N)Oc2cc(OC(=O)c3cccc(Cl)c3)ccc2[C@H]1c1cccc(Cl)c1. The maximum absolute atomic E-state index is 12.4. The van der Waals surface area contributed by atoms with Crippen LogP contribution < -0.4 is 15.2 Å². The number of nitrogens with two attached hydrogens (primary N) is 1. The Morgan fingerprint density at radius 2 is 1.77 bits per heavy atom. The Hall–Kier alpha value is -3.46. The highest BCUT2D eigenvalue weighted by Crippen LogP contribution is 2.43. The number of rotatable bonds is 3. The third kappa shape index (κ3) is 3.84. The average molecular weight is 437 g/mol. The van der Waals surface area contributed by atoms with Gasteiger partial charge in [0.2, 0.25) is 5.88 Å². The van der Waals surface area contributed by atoms with E-state index < -0.39 is 11.9 Å². The van der Waals surface area contributed by atoms with Crippen molar-refractivity contribution >= 4 is 29.2 Å². The summed E-state index contributed by atoms with van der Waals surface area (Å²) in [6.07, 6.45) is 0. The Morgan fingerprint density at radius 1 is 1.03 bits per heavy atom. The monoisotopic (exact) mass is 436 g/mol. The number of ether oxygens (including phenoxy) is 2. The van der Waals surface area contributed by atoms with E-state index in [2.05, 4.69) is 6.07 Å². The standard InChI is InChI=1S/C23H14Cl2N2O3/c24-15-5-1-3-13(9-15)21-18-8-7-17(11-20(18)30-22(27)19(21)12-26)29-23(28)14-4-2-6-16(25)10-14/h1-11,21H,27H2/t21-/m1/s1. The number of esters is 1. The summed E-state index contributed by atoms with van der Waals surface area (Å²) in [6, 6.07) is 20.7. The lowest BCUT2D eigenvalue weighted by Gasteiger charge is -2.26. The molecule has 1 aliphatic rings. The van der Waals surface area contributed by atoms with E-state index in [-0.39, 0.29) is 17.2 Å². The van der Waals surface area contributed by atoms with Gasteiger partial charge in [0.1, 0.15) is 23.1 Å². The van der Waals surface area contributed by atoms with E-state index in [9.17, 15) is 10.1 Å². The van der Waals surface area contributed by atoms with E-state index in [0.29, 0.717) is 26.9 Å². The molecule has 0 fully saturated rings. The third-order valence-corrected chi connectivity index (χ3v) is 5.11. The number of halogens is 2. The first-order valence-electron chi connectivity index (χ1n) is 8.91. The van der Waals surface area contributed by atoms with Gasteiger partial charge in [-0.25, -0.2) is 4.79 Å². The molecule has 5 nitrogen and oxygen atoms in total. The first-order valence-corrected chi connectivity index (χ1v) is 9.66. The molecule has 2 N–H and O–H groups in total. The molecular formula is C23H14Cl2N2O3. The summed E-state index contributed by atoms with van der Waals surface area (Å²) in [4.78, 5) is 12.4. The van der Waals surface area contributed by atoms with E-state index in [1.54, 1.807) is 54.6 Å². The zero-order valence-electron chi connectivity index (χ0n) is 15.4. The van der Waals surface area contributed by atoms with Gasteiger partial charge in [0, 0.05) is 21.7 Å². The van der Waals surface area contributed by atoms with Crippen molar-refractivity contribution in [2.45, 2.75) is 5.92 Å². The van der Waals surface area contributed by atoms with Crippen molar-refractivity contribution in [2.24, 2.45) is 5.73 Å². The molecule has 0 aliphatic carbocycles. The summed E-state index contributed by atoms with van der Waals surface area (Å²) in [5.74, 6) is -0.339. The highest BCUT2D eigenvalue weighted by atomic mass is 35.5. The minimum absolute atomic E-state index is 0.00621. The van der Waals surface area contributed by atoms with Crippen molar-refractivity contribution in [3.63, 3.8) is 0 Å². The number of carbonyl (C=O) groups excluding carboxylic acids is 1. The number of fused-ring (bicyclic) bond motifs is 1. The van der Waals surface area contributed by atoms with E-state index in [0.717, 1.165) is 5.56 Å². The summed E-state index contributed by atoms with van der Waals surface area (Å²) in [5.41, 5.74) is 8.13. The van der Waals surface area contributed by atoms with Crippen molar-refractivity contribution in [2.75, 3.05) is 0 Å². The van der Waals surface area contributed by atoms with Crippen LogP contribution >= 0.6 is 23.2 Å². The molecule has 1 atom stereocenters. The smallest absolute Gasteiger partial charge is 0.343 e. The predicted molar refractivity (Wildman–Crippen MR) is 114 cm³/mol. The van der Waals surface area contributed by atoms with Gasteiger partial charge in [-0.3, -0.25) is 0 Å². The fraction of sp³-hybridized carbons (Fsp3) is 0.0435. The lowest BCUT2D eigenvalue weighted by atomic mass is 9.83. The number of hydrogen-bond acceptors (Lipinski definition) is 5. The summed E-state index contributed by atoms with van der Waals surface area (Å²) in [5, 5.41) is 10.6. The summed E-state index contributed by atoms with van der Waals surface area (Å²) < 4.78 is 11.1. The zero-order chi connectivity index (χ0) is 21.3. The first kappa shape index (κ1) is 19.8. The van der Waals surface area contributed by atoms with Gasteiger partial charge in [-0.05, 0) is 42.0 Å². The maximum atomic E-state index is 12.4. The number of carbonyl (C=O) groups is 1. The van der Waals surface area contributed by atoms with Crippen molar-refractivity contribution in [3.05, 3.63) is 105 Å². The van der Waals surface area contributed by atoms with Crippen LogP contribution in [0.1, 0.15) is 27.4 Å². The quantitative estimate of drug-likeness (QED) is 0.436. The van der Waals surface area contributed by atoms with Gasteiger partial charge < -0.3 is 15.2 Å². The fourth-order valence-corrected chi connectivity index (χ4v) is 3.70. The highest BCUT2D eigenvalue weighted by Gasteiger charge is 2.31. The van der Waals surface area contributed by atoms with E-state index in [1.165, 1.54) is 6.07 Å². The summed E-state index contributed by atoms with van der Waals surface area (Å²) >= 11 is 12.1. The molecule has 1 aliphatic heterocycles. The molecular weight excluding hydrogens is 423 g/mol. The van der Waals surface area contributed by atoms with Gasteiger partial charge in [0.25, 0.3) is 0 Å². The molecule has 30 heavy (non-hydrogen) atoms. The van der Waals surface area contributed by atoms with Crippen LogP contribution in [0, 0.1) is 11.3 Å². The Bertz CT molecular complexity index is 1230. The molecule has 148 valence electrons. The maximum Gasteiger partial charge on any atom is 0.343 e. The molecule has 3 aromatic rings. The van der Waals surface area contributed by atoms with E-state index in [4.69, 9.17) is 38.4 Å². The van der Waals surface area contributed by atoms with Crippen LogP contribution in [0.25, 0.3) is 0 Å². The molecule has 0 amide bonds. The van der Waals surface area contributed by atoms with Crippen molar-refractivity contribution in [3.8, 4) is 17.6 Å². The highest BCUT2D eigenvalue weighted by molar-refractivity contribution is 6.31. The van der Waals surface area contributed by atoms with Crippen LogP contribution in [0.2, 0.25) is 10.0 Å². The second-order valence-electron chi connectivity index (χ2n) is 6.58. The second kappa shape index (κ2) is 8.11.